The summed E-state index contributed by atoms with van der Waals surface area (Å²) in [6.07, 6.45) is 73.9. The van der Waals surface area contributed by atoms with E-state index in [1.807, 2.05) is 0 Å². The van der Waals surface area contributed by atoms with Crippen LogP contribution in [-0.4, -0.2) is 37.9 Å². The molecule has 0 aromatic carbocycles. The van der Waals surface area contributed by atoms with Crippen molar-refractivity contribution in [3.05, 3.63) is 109 Å². The number of hydrogen-bond acceptors (Lipinski definition) is 5. The van der Waals surface area contributed by atoms with Crippen molar-refractivity contribution in [2.45, 2.75) is 232 Å². The number of rotatable bonds is 47. The minimum Gasteiger partial charge on any atom is -0.462 e. The summed E-state index contributed by atoms with van der Waals surface area (Å²) in [5, 5.41) is 0. The second-order valence-electron chi connectivity index (χ2n) is 17.0. The van der Waals surface area contributed by atoms with Crippen LogP contribution in [0.4, 0.5) is 0 Å². The highest BCUT2D eigenvalue weighted by Crippen LogP contribution is 2.13. The molecule has 0 aromatic rings. The van der Waals surface area contributed by atoms with Crippen molar-refractivity contribution in [2.75, 3.05) is 19.8 Å². The van der Waals surface area contributed by atoms with E-state index in [-0.39, 0.29) is 25.2 Å². The van der Waals surface area contributed by atoms with Gasteiger partial charge in [0.05, 0.1) is 6.61 Å². The monoisotopic (exact) mass is 887 g/mol. The van der Waals surface area contributed by atoms with Crippen molar-refractivity contribution < 1.29 is 23.8 Å². The van der Waals surface area contributed by atoms with Crippen LogP contribution in [0.25, 0.3) is 0 Å². The van der Waals surface area contributed by atoms with Crippen LogP contribution in [-0.2, 0) is 23.8 Å². The molecule has 0 aliphatic rings. The molecular weight excluding hydrogens is 789 g/mol. The van der Waals surface area contributed by atoms with Gasteiger partial charge in [-0.15, -0.1) is 0 Å². The van der Waals surface area contributed by atoms with Crippen molar-refractivity contribution in [1.29, 1.82) is 0 Å². The zero-order valence-corrected chi connectivity index (χ0v) is 41.8. The second-order valence-corrected chi connectivity index (χ2v) is 17.0. The number of carbonyl (C=O) groups excluding carboxylic acids is 2. The first kappa shape index (κ1) is 60.6. The van der Waals surface area contributed by atoms with Gasteiger partial charge in [-0.1, -0.05) is 207 Å². The lowest BCUT2D eigenvalue weighted by Crippen LogP contribution is -2.30. The number of unbranched alkanes of at least 4 members (excludes halogenated alkanes) is 18. The van der Waals surface area contributed by atoms with Gasteiger partial charge in [0.25, 0.3) is 0 Å². The molecule has 0 rings (SSSR count). The summed E-state index contributed by atoms with van der Waals surface area (Å²) in [7, 11) is 0. The smallest absolute Gasteiger partial charge is 0.306 e. The van der Waals surface area contributed by atoms with Gasteiger partial charge in [0.2, 0.25) is 0 Å². The van der Waals surface area contributed by atoms with Gasteiger partial charge in [-0.2, -0.15) is 0 Å². The van der Waals surface area contributed by atoms with Gasteiger partial charge in [0.1, 0.15) is 6.61 Å². The van der Waals surface area contributed by atoms with E-state index in [0.29, 0.717) is 19.4 Å². The third-order valence-electron chi connectivity index (χ3n) is 10.7. The molecule has 0 fully saturated rings. The first-order valence-electron chi connectivity index (χ1n) is 26.4. The average Bonchev–Trinajstić information content (AvgIpc) is 3.30. The van der Waals surface area contributed by atoms with E-state index >= 15 is 0 Å². The van der Waals surface area contributed by atoms with Gasteiger partial charge in [-0.25, -0.2) is 0 Å². The molecule has 364 valence electrons. The van der Waals surface area contributed by atoms with Gasteiger partial charge in [0, 0.05) is 19.4 Å². The minimum absolute atomic E-state index is 0.0418. The van der Waals surface area contributed by atoms with E-state index in [9.17, 15) is 9.59 Å². The van der Waals surface area contributed by atoms with Crippen molar-refractivity contribution in [3.63, 3.8) is 0 Å². The molecule has 64 heavy (non-hydrogen) atoms. The first-order valence-corrected chi connectivity index (χ1v) is 26.4. The van der Waals surface area contributed by atoms with E-state index in [0.717, 1.165) is 103 Å². The predicted molar refractivity (Wildman–Crippen MR) is 279 cm³/mol. The maximum absolute atomic E-state index is 12.8. The molecule has 0 heterocycles. The first-order chi connectivity index (χ1) is 31.6. The van der Waals surface area contributed by atoms with Crippen LogP contribution in [0.2, 0.25) is 0 Å². The topological polar surface area (TPSA) is 61.8 Å². The number of allylic oxidation sites excluding steroid dienone is 18. The molecule has 1 atom stereocenters. The lowest BCUT2D eigenvalue weighted by Gasteiger charge is -2.18. The van der Waals surface area contributed by atoms with Crippen molar-refractivity contribution in [3.8, 4) is 0 Å². The molecule has 0 radical (unpaired) electrons. The van der Waals surface area contributed by atoms with E-state index in [4.69, 9.17) is 14.2 Å². The molecule has 0 saturated heterocycles. The van der Waals surface area contributed by atoms with Gasteiger partial charge < -0.3 is 14.2 Å². The Morgan fingerprint density at radius 3 is 1.23 bits per heavy atom. The second kappa shape index (κ2) is 53.9. The van der Waals surface area contributed by atoms with Gasteiger partial charge in [0.15, 0.2) is 6.10 Å². The van der Waals surface area contributed by atoms with Gasteiger partial charge in [-0.3, -0.25) is 9.59 Å². The Balaban J connectivity index is 4.39. The van der Waals surface area contributed by atoms with Crippen LogP contribution in [0, 0.1) is 0 Å². The van der Waals surface area contributed by atoms with Crippen LogP contribution in [0.15, 0.2) is 109 Å². The average molecular weight is 887 g/mol. The molecule has 1 unspecified atom stereocenters. The molecule has 5 heteroatoms. The largest absolute Gasteiger partial charge is 0.462 e. The van der Waals surface area contributed by atoms with E-state index in [1.54, 1.807) is 0 Å². The number of ether oxygens (including phenoxy) is 3. The summed E-state index contributed by atoms with van der Waals surface area (Å²) < 4.78 is 17.4. The summed E-state index contributed by atoms with van der Waals surface area (Å²) in [4.78, 5) is 25.4. The molecule has 0 saturated carbocycles. The third-order valence-corrected chi connectivity index (χ3v) is 10.7. The molecule has 5 nitrogen and oxygen atoms in total. The Labute approximate surface area is 395 Å². The highest BCUT2D eigenvalue weighted by Gasteiger charge is 2.17. The quantitative estimate of drug-likeness (QED) is 0.0346. The predicted octanol–water partition coefficient (Wildman–Crippen LogP) is 18.0. The fraction of sp³-hybridized carbons (Fsp3) is 0.661. The molecule has 0 aliphatic heterocycles. The number of carbonyl (C=O) groups is 2. The van der Waals surface area contributed by atoms with E-state index in [2.05, 4.69) is 130 Å². The zero-order valence-electron chi connectivity index (χ0n) is 41.8. The summed E-state index contributed by atoms with van der Waals surface area (Å²) in [5.41, 5.74) is 0. The normalized spacial score (nSPS) is 13.1. The van der Waals surface area contributed by atoms with Crippen molar-refractivity contribution in [1.82, 2.24) is 0 Å². The molecule has 0 spiro atoms. The Morgan fingerprint density at radius 1 is 0.359 bits per heavy atom. The third kappa shape index (κ3) is 51.2. The minimum atomic E-state index is -0.576. The van der Waals surface area contributed by atoms with Crippen LogP contribution in [0.3, 0.4) is 0 Å². The van der Waals surface area contributed by atoms with Gasteiger partial charge >= 0.3 is 11.9 Å². The number of hydrogen-bond donors (Lipinski definition) is 0. The molecule has 0 bridgehead atoms. The molecule has 0 aromatic heterocycles. The lowest BCUT2D eigenvalue weighted by molar-refractivity contribution is -0.163. The fourth-order valence-corrected chi connectivity index (χ4v) is 6.85. The van der Waals surface area contributed by atoms with Crippen LogP contribution in [0.5, 0.6) is 0 Å². The summed E-state index contributed by atoms with van der Waals surface area (Å²) in [5.74, 6) is -0.489. The van der Waals surface area contributed by atoms with Gasteiger partial charge in [-0.05, 0) is 116 Å². The highest BCUT2D eigenvalue weighted by molar-refractivity contribution is 5.70. The zero-order chi connectivity index (χ0) is 46.3. The molecular formula is C59H98O5. The van der Waals surface area contributed by atoms with E-state index in [1.165, 1.54) is 89.9 Å². The Bertz CT molecular complexity index is 1280. The van der Waals surface area contributed by atoms with Crippen LogP contribution >= 0.6 is 0 Å². The standard InChI is InChI=1S/C59H98O5/c1-4-7-10-13-16-19-22-25-27-29-31-33-36-39-42-45-48-51-54-62-55-57(64-59(61)53-50-47-44-41-38-34-24-21-18-15-12-9-6-3)56-63-58(60)52-49-46-43-40-37-35-32-30-28-26-23-20-17-14-11-8-5-2/h8,11-12,15-17,19-21,24-28,32,35,40,43,57H,4-7,9-10,13-14,18,22-23,29-31,33-34,36-39,41-42,44-56H2,1-3H3/b11-8-,15-12-,19-16-,20-17-,24-21-,27-25-,28-26-,35-32-,43-40-. The van der Waals surface area contributed by atoms with E-state index < -0.39 is 6.10 Å². The van der Waals surface area contributed by atoms with Crippen molar-refractivity contribution >= 4 is 11.9 Å². The Hall–Kier alpha value is -3.44. The maximum atomic E-state index is 12.8. The molecule has 0 aliphatic carbocycles. The van der Waals surface area contributed by atoms with Crippen molar-refractivity contribution in [2.24, 2.45) is 0 Å². The SMILES string of the molecule is CC/C=C\C/C=C\C/C=C\C/C=C\C/C=C\CCCC(=O)OCC(COCCCCCCCCCC/C=C\C/C=C\CCCCC)OC(=O)CCCCCCC/C=C\C/C=C\CCC. The Morgan fingerprint density at radius 2 is 0.750 bits per heavy atom. The maximum Gasteiger partial charge on any atom is 0.306 e. The summed E-state index contributed by atoms with van der Waals surface area (Å²) in [6, 6.07) is 0. The number of esters is 2. The van der Waals surface area contributed by atoms with Crippen LogP contribution in [0.1, 0.15) is 226 Å². The summed E-state index contributed by atoms with van der Waals surface area (Å²) in [6.45, 7) is 7.53. The summed E-state index contributed by atoms with van der Waals surface area (Å²) >= 11 is 0. The molecule has 0 N–H and O–H groups in total. The lowest BCUT2D eigenvalue weighted by atomic mass is 10.1. The molecule has 0 amide bonds. The highest BCUT2D eigenvalue weighted by atomic mass is 16.6. The fourth-order valence-electron chi connectivity index (χ4n) is 6.85. The van der Waals surface area contributed by atoms with Crippen LogP contribution < -0.4 is 0 Å². The Kier molecular flexibility index (Phi) is 51.0.